The zero-order chi connectivity index (χ0) is 15.2. The van der Waals surface area contributed by atoms with Crippen molar-refractivity contribution in [3.63, 3.8) is 0 Å². The highest BCUT2D eigenvalue weighted by Crippen LogP contribution is 2.25. The Hall–Kier alpha value is -1.36. The van der Waals surface area contributed by atoms with Gasteiger partial charge in [0.05, 0.1) is 0 Å². The molecule has 0 spiro atoms. The van der Waals surface area contributed by atoms with Crippen LogP contribution in [0.5, 0.6) is 0 Å². The number of nitrogens with zero attached hydrogens (tertiary/aromatic N) is 3. The SMILES string of the molecule is CCCc1nc(NCC)c(C)c(NCCN(C)C2CC2)n1. The molecule has 1 saturated carbocycles. The molecule has 1 aliphatic carbocycles. The first-order valence-corrected chi connectivity index (χ1v) is 8.21. The second-order valence-corrected chi connectivity index (χ2v) is 5.88. The molecule has 0 bridgehead atoms. The van der Waals surface area contributed by atoms with Gasteiger partial charge in [0.2, 0.25) is 0 Å². The van der Waals surface area contributed by atoms with E-state index in [2.05, 4.69) is 53.3 Å². The van der Waals surface area contributed by atoms with Crippen LogP contribution in [0.2, 0.25) is 0 Å². The fourth-order valence-electron chi connectivity index (χ4n) is 2.46. The van der Waals surface area contributed by atoms with Gasteiger partial charge in [0.15, 0.2) is 0 Å². The molecule has 1 aliphatic rings. The van der Waals surface area contributed by atoms with Crippen LogP contribution in [0.3, 0.4) is 0 Å². The summed E-state index contributed by atoms with van der Waals surface area (Å²) in [7, 11) is 2.21. The van der Waals surface area contributed by atoms with Crippen LogP contribution in [-0.4, -0.2) is 47.6 Å². The lowest BCUT2D eigenvalue weighted by Crippen LogP contribution is -2.27. The molecule has 1 fully saturated rings. The molecular weight excluding hydrogens is 262 g/mol. The van der Waals surface area contributed by atoms with Gasteiger partial charge in [-0.1, -0.05) is 6.92 Å². The van der Waals surface area contributed by atoms with Crippen molar-refractivity contribution >= 4 is 11.6 Å². The Labute approximate surface area is 128 Å². The monoisotopic (exact) mass is 291 g/mol. The van der Waals surface area contributed by atoms with E-state index in [1.807, 2.05) is 0 Å². The first-order valence-electron chi connectivity index (χ1n) is 8.21. The molecule has 0 aromatic carbocycles. The van der Waals surface area contributed by atoms with Crippen LogP contribution in [0.15, 0.2) is 0 Å². The summed E-state index contributed by atoms with van der Waals surface area (Å²) in [5.74, 6) is 2.87. The van der Waals surface area contributed by atoms with E-state index in [4.69, 9.17) is 0 Å². The maximum absolute atomic E-state index is 4.68. The molecule has 1 heterocycles. The van der Waals surface area contributed by atoms with E-state index in [1.165, 1.54) is 12.8 Å². The minimum Gasteiger partial charge on any atom is -0.370 e. The first kappa shape index (κ1) is 16.0. The fraction of sp³-hybridized carbons (Fsp3) is 0.750. The fourth-order valence-corrected chi connectivity index (χ4v) is 2.46. The van der Waals surface area contributed by atoms with E-state index in [9.17, 15) is 0 Å². The Morgan fingerprint density at radius 2 is 1.81 bits per heavy atom. The smallest absolute Gasteiger partial charge is 0.134 e. The standard InChI is InChI=1S/C16H29N5/c1-5-7-14-19-15(17-6-2)12(3)16(20-14)18-10-11-21(4)13-8-9-13/h13H,5-11H2,1-4H3,(H2,17,18,19,20). The van der Waals surface area contributed by atoms with Gasteiger partial charge in [-0.15, -0.1) is 0 Å². The summed E-state index contributed by atoms with van der Waals surface area (Å²) in [6.07, 6.45) is 4.70. The Morgan fingerprint density at radius 3 is 2.38 bits per heavy atom. The third-order valence-corrected chi connectivity index (χ3v) is 3.94. The number of anilines is 2. The molecule has 0 atom stereocenters. The van der Waals surface area contributed by atoms with Gasteiger partial charge in [-0.2, -0.15) is 0 Å². The van der Waals surface area contributed by atoms with Crippen LogP contribution in [0.1, 0.15) is 44.5 Å². The molecule has 118 valence electrons. The predicted molar refractivity (Wildman–Crippen MR) is 89.1 cm³/mol. The second-order valence-electron chi connectivity index (χ2n) is 5.88. The average Bonchev–Trinajstić information content (AvgIpc) is 3.28. The third kappa shape index (κ3) is 4.56. The highest BCUT2D eigenvalue weighted by atomic mass is 15.2. The summed E-state index contributed by atoms with van der Waals surface area (Å²) in [5.41, 5.74) is 1.12. The summed E-state index contributed by atoms with van der Waals surface area (Å²) >= 11 is 0. The molecular formula is C16H29N5. The van der Waals surface area contributed by atoms with Crippen LogP contribution in [0, 0.1) is 6.92 Å². The summed E-state index contributed by atoms with van der Waals surface area (Å²) in [6.45, 7) is 9.22. The molecule has 0 saturated heterocycles. The van der Waals surface area contributed by atoms with Gasteiger partial charge in [0, 0.05) is 37.7 Å². The lowest BCUT2D eigenvalue weighted by molar-refractivity contribution is 0.337. The normalized spacial score (nSPS) is 14.5. The molecule has 0 aliphatic heterocycles. The van der Waals surface area contributed by atoms with E-state index in [-0.39, 0.29) is 0 Å². The number of rotatable bonds is 9. The quantitative estimate of drug-likeness (QED) is 0.732. The molecule has 2 N–H and O–H groups in total. The van der Waals surface area contributed by atoms with E-state index in [0.29, 0.717) is 0 Å². The average molecular weight is 291 g/mol. The number of hydrogen-bond acceptors (Lipinski definition) is 5. The Kier molecular flexibility index (Phi) is 5.79. The zero-order valence-corrected chi connectivity index (χ0v) is 13.9. The first-order chi connectivity index (χ1) is 10.2. The maximum Gasteiger partial charge on any atom is 0.134 e. The van der Waals surface area contributed by atoms with Crippen molar-refractivity contribution < 1.29 is 0 Å². The molecule has 5 nitrogen and oxygen atoms in total. The summed E-state index contributed by atoms with van der Waals surface area (Å²) in [6, 6.07) is 0.811. The molecule has 1 aromatic heterocycles. The van der Waals surface area contributed by atoms with Crippen molar-refractivity contribution in [3.8, 4) is 0 Å². The highest BCUT2D eigenvalue weighted by molar-refractivity contribution is 5.57. The highest BCUT2D eigenvalue weighted by Gasteiger charge is 2.25. The Morgan fingerprint density at radius 1 is 1.14 bits per heavy atom. The topological polar surface area (TPSA) is 53.1 Å². The van der Waals surface area contributed by atoms with Gasteiger partial charge in [-0.25, -0.2) is 9.97 Å². The molecule has 5 heteroatoms. The number of likely N-dealkylation sites (N-methyl/N-ethyl adjacent to an activating group) is 1. The number of nitrogens with one attached hydrogen (secondary N) is 2. The van der Waals surface area contributed by atoms with Crippen LogP contribution in [0.25, 0.3) is 0 Å². The summed E-state index contributed by atoms with van der Waals surface area (Å²) in [5, 5.41) is 6.83. The van der Waals surface area contributed by atoms with Gasteiger partial charge in [0.25, 0.3) is 0 Å². The van der Waals surface area contributed by atoms with Crippen LogP contribution < -0.4 is 10.6 Å². The van der Waals surface area contributed by atoms with Gasteiger partial charge in [0.1, 0.15) is 17.5 Å². The molecule has 2 rings (SSSR count). The van der Waals surface area contributed by atoms with E-state index in [0.717, 1.165) is 61.5 Å². The van der Waals surface area contributed by atoms with Crippen molar-refractivity contribution in [2.24, 2.45) is 0 Å². The maximum atomic E-state index is 4.68. The van der Waals surface area contributed by atoms with Crippen molar-refractivity contribution in [2.45, 2.75) is 52.5 Å². The largest absolute Gasteiger partial charge is 0.370 e. The van der Waals surface area contributed by atoms with E-state index in [1.54, 1.807) is 0 Å². The number of hydrogen-bond donors (Lipinski definition) is 2. The van der Waals surface area contributed by atoms with Gasteiger partial charge >= 0.3 is 0 Å². The second kappa shape index (κ2) is 7.59. The van der Waals surface area contributed by atoms with Gasteiger partial charge < -0.3 is 15.5 Å². The summed E-state index contributed by atoms with van der Waals surface area (Å²) < 4.78 is 0. The van der Waals surface area contributed by atoms with Crippen LogP contribution in [-0.2, 0) is 6.42 Å². The van der Waals surface area contributed by atoms with Crippen molar-refractivity contribution in [1.82, 2.24) is 14.9 Å². The predicted octanol–water partition coefficient (Wildman–Crippen LogP) is 2.68. The minimum absolute atomic E-state index is 0.811. The molecule has 21 heavy (non-hydrogen) atoms. The molecule has 0 unspecified atom stereocenters. The molecule has 1 aromatic rings. The minimum atomic E-state index is 0.811. The van der Waals surface area contributed by atoms with Crippen LogP contribution in [0.4, 0.5) is 11.6 Å². The Balaban J connectivity index is 2.01. The van der Waals surface area contributed by atoms with Crippen molar-refractivity contribution in [2.75, 3.05) is 37.3 Å². The number of aryl methyl sites for hydroxylation is 1. The third-order valence-electron chi connectivity index (χ3n) is 3.94. The van der Waals surface area contributed by atoms with E-state index < -0.39 is 0 Å². The Bertz CT molecular complexity index is 456. The molecule has 0 amide bonds. The van der Waals surface area contributed by atoms with Crippen molar-refractivity contribution in [1.29, 1.82) is 0 Å². The van der Waals surface area contributed by atoms with Crippen molar-refractivity contribution in [3.05, 3.63) is 11.4 Å². The zero-order valence-electron chi connectivity index (χ0n) is 13.9. The summed E-state index contributed by atoms with van der Waals surface area (Å²) in [4.78, 5) is 11.7. The van der Waals surface area contributed by atoms with E-state index >= 15 is 0 Å². The number of aromatic nitrogens is 2. The van der Waals surface area contributed by atoms with Gasteiger partial charge in [-0.3, -0.25) is 0 Å². The van der Waals surface area contributed by atoms with Crippen LogP contribution >= 0.6 is 0 Å². The lowest BCUT2D eigenvalue weighted by Gasteiger charge is -2.18. The molecule has 0 radical (unpaired) electrons. The van der Waals surface area contributed by atoms with Gasteiger partial charge in [-0.05, 0) is 40.2 Å². The lowest BCUT2D eigenvalue weighted by atomic mass is 10.2.